The molecule has 3 heterocycles. The molecule has 0 unspecified atom stereocenters. The van der Waals surface area contributed by atoms with Crippen LogP contribution < -0.4 is 5.73 Å². The lowest BCUT2D eigenvalue weighted by atomic mass is 9.86. The van der Waals surface area contributed by atoms with Crippen molar-refractivity contribution in [1.29, 1.82) is 5.26 Å². The van der Waals surface area contributed by atoms with Gasteiger partial charge in [0.2, 0.25) is 0 Å². The van der Waals surface area contributed by atoms with E-state index >= 15 is 0 Å². The number of hydrogen-bond acceptors (Lipinski definition) is 4. The molecule has 1 aliphatic rings. The van der Waals surface area contributed by atoms with E-state index in [0.717, 1.165) is 46.5 Å². The maximum Gasteiger partial charge on any atom is 0.142 e. The number of aryl methyl sites for hydroxylation is 1. The maximum absolute atomic E-state index is 9.45. The van der Waals surface area contributed by atoms with Gasteiger partial charge in [0.1, 0.15) is 17.5 Å². The number of anilines is 1. The van der Waals surface area contributed by atoms with Crippen LogP contribution in [0.2, 0.25) is 0 Å². The fourth-order valence-corrected chi connectivity index (χ4v) is 3.03. The molecule has 0 aliphatic heterocycles. The molecule has 21 heavy (non-hydrogen) atoms. The number of nitriles is 1. The molecule has 0 aromatic carbocycles. The number of aromatic amines is 1. The van der Waals surface area contributed by atoms with Crippen molar-refractivity contribution < 1.29 is 4.42 Å². The molecular weight excluding hydrogens is 264 g/mol. The molecule has 0 atom stereocenters. The molecule has 102 valence electrons. The summed E-state index contributed by atoms with van der Waals surface area (Å²) in [6.07, 6.45) is 6.88. The van der Waals surface area contributed by atoms with E-state index in [1.54, 1.807) is 12.5 Å². The van der Waals surface area contributed by atoms with Crippen molar-refractivity contribution in [3.8, 4) is 28.5 Å². The molecule has 3 aromatic heterocycles. The molecule has 0 bridgehead atoms. The van der Waals surface area contributed by atoms with Crippen molar-refractivity contribution in [3.05, 3.63) is 47.7 Å². The number of rotatable bonds is 1. The molecular formula is C16H12N4O. The third-order valence-electron chi connectivity index (χ3n) is 3.96. The fraction of sp³-hybridized carbons (Fsp3) is 0.125. The van der Waals surface area contributed by atoms with E-state index in [1.165, 1.54) is 0 Å². The van der Waals surface area contributed by atoms with E-state index in [4.69, 9.17) is 10.2 Å². The summed E-state index contributed by atoms with van der Waals surface area (Å²) in [4.78, 5) is 7.71. The highest BCUT2D eigenvalue weighted by Crippen LogP contribution is 2.40. The van der Waals surface area contributed by atoms with Gasteiger partial charge in [-0.05, 0) is 30.5 Å². The predicted molar refractivity (Wildman–Crippen MR) is 78.3 cm³/mol. The molecule has 0 amide bonds. The van der Waals surface area contributed by atoms with Gasteiger partial charge < -0.3 is 15.1 Å². The highest BCUT2D eigenvalue weighted by atomic mass is 16.3. The van der Waals surface area contributed by atoms with Crippen molar-refractivity contribution in [2.75, 3.05) is 5.73 Å². The van der Waals surface area contributed by atoms with Gasteiger partial charge in [0.05, 0.1) is 18.2 Å². The van der Waals surface area contributed by atoms with Crippen LogP contribution in [0.3, 0.4) is 0 Å². The summed E-state index contributed by atoms with van der Waals surface area (Å²) in [7, 11) is 0. The lowest BCUT2D eigenvalue weighted by Crippen LogP contribution is -2.10. The molecule has 0 spiro atoms. The summed E-state index contributed by atoms with van der Waals surface area (Å²) >= 11 is 0. The van der Waals surface area contributed by atoms with Crippen molar-refractivity contribution in [3.63, 3.8) is 0 Å². The smallest absolute Gasteiger partial charge is 0.142 e. The first-order valence-electron chi connectivity index (χ1n) is 6.71. The Balaban J connectivity index is 2.10. The first kappa shape index (κ1) is 11.8. The van der Waals surface area contributed by atoms with Crippen LogP contribution in [0.4, 0.5) is 5.82 Å². The second-order valence-corrected chi connectivity index (χ2v) is 5.07. The molecule has 4 rings (SSSR count). The third kappa shape index (κ3) is 1.59. The van der Waals surface area contributed by atoms with E-state index in [-0.39, 0.29) is 5.82 Å². The van der Waals surface area contributed by atoms with Gasteiger partial charge in [-0.3, -0.25) is 0 Å². The predicted octanol–water partition coefficient (Wildman–Crippen LogP) is 2.89. The second kappa shape index (κ2) is 4.25. The molecule has 0 radical (unpaired) electrons. The normalized spacial score (nSPS) is 12.5. The lowest BCUT2D eigenvalue weighted by Gasteiger charge is -2.20. The standard InChI is InChI=1S/C16H12N4O/c17-7-12-14(9-4-6-21-8-9)11-1-2-13-10(3-5-19-13)15(11)20-16(12)18/h3-6,8,19H,1-2H2,(H2,18,20). The van der Waals surface area contributed by atoms with Crippen LogP contribution in [0.15, 0.2) is 35.3 Å². The fourth-order valence-electron chi connectivity index (χ4n) is 3.03. The zero-order chi connectivity index (χ0) is 14.4. The molecule has 0 saturated carbocycles. The van der Waals surface area contributed by atoms with Crippen LogP contribution in [0.25, 0.3) is 22.4 Å². The van der Waals surface area contributed by atoms with Crippen LogP contribution in [0.1, 0.15) is 16.8 Å². The molecule has 1 aliphatic carbocycles. The third-order valence-corrected chi connectivity index (χ3v) is 3.96. The molecule has 5 heteroatoms. The minimum Gasteiger partial charge on any atom is -0.472 e. The van der Waals surface area contributed by atoms with Gasteiger partial charge in [-0.25, -0.2) is 4.98 Å². The van der Waals surface area contributed by atoms with Gasteiger partial charge in [-0.2, -0.15) is 5.26 Å². The second-order valence-electron chi connectivity index (χ2n) is 5.07. The summed E-state index contributed by atoms with van der Waals surface area (Å²) in [5.41, 5.74) is 12.3. The van der Waals surface area contributed by atoms with Crippen molar-refractivity contribution in [1.82, 2.24) is 9.97 Å². The van der Waals surface area contributed by atoms with Crippen LogP contribution in [-0.4, -0.2) is 9.97 Å². The Hall–Kier alpha value is -3.00. The zero-order valence-electron chi connectivity index (χ0n) is 11.2. The van der Waals surface area contributed by atoms with Crippen LogP contribution in [0.5, 0.6) is 0 Å². The average molecular weight is 276 g/mol. The Morgan fingerprint density at radius 2 is 2.24 bits per heavy atom. The average Bonchev–Trinajstić information content (AvgIpc) is 3.17. The SMILES string of the molecule is N#Cc1c(N)nc2c(c1-c1ccoc1)CCc1[nH]ccc1-2. The monoisotopic (exact) mass is 276 g/mol. The number of pyridine rings is 1. The van der Waals surface area contributed by atoms with E-state index in [2.05, 4.69) is 16.0 Å². The van der Waals surface area contributed by atoms with E-state index in [1.807, 2.05) is 18.3 Å². The number of nitrogens with one attached hydrogen (secondary N) is 1. The Bertz CT molecular complexity index is 869. The lowest BCUT2D eigenvalue weighted by molar-refractivity contribution is 0.568. The van der Waals surface area contributed by atoms with Gasteiger partial charge in [0.15, 0.2) is 0 Å². The highest BCUT2D eigenvalue weighted by Gasteiger charge is 2.26. The maximum atomic E-state index is 9.45. The summed E-state index contributed by atoms with van der Waals surface area (Å²) in [6, 6.07) is 6.04. The molecule has 3 aromatic rings. The molecule has 5 nitrogen and oxygen atoms in total. The molecule has 0 fully saturated rings. The van der Waals surface area contributed by atoms with Crippen molar-refractivity contribution >= 4 is 5.82 Å². The largest absolute Gasteiger partial charge is 0.472 e. The van der Waals surface area contributed by atoms with Gasteiger partial charge in [0, 0.05) is 28.6 Å². The number of fused-ring (bicyclic) bond motifs is 3. The van der Waals surface area contributed by atoms with Gasteiger partial charge in [-0.15, -0.1) is 0 Å². The number of aromatic nitrogens is 2. The van der Waals surface area contributed by atoms with Gasteiger partial charge >= 0.3 is 0 Å². The minimum atomic E-state index is 0.265. The topological polar surface area (TPSA) is 91.6 Å². The first-order chi connectivity index (χ1) is 10.3. The van der Waals surface area contributed by atoms with Crippen molar-refractivity contribution in [2.24, 2.45) is 0 Å². The van der Waals surface area contributed by atoms with E-state index < -0.39 is 0 Å². The number of nitrogens with two attached hydrogens (primary N) is 1. The zero-order valence-corrected chi connectivity index (χ0v) is 11.2. The summed E-state index contributed by atoms with van der Waals surface area (Å²) < 4.78 is 5.18. The van der Waals surface area contributed by atoms with Gasteiger partial charge in [0.25, 0.3) is 0 Å². The van der Waals surface area contributed by atoms with Crippen molar-refractivity contribution in [2.45, 2.75) is 12.8 Å². The van der Waals surface area contributed by atoms with E-state index in [9.17, 15) is 5.26 Å². The Kier molecular flexibility index (Phi) is 2.39. The minimum absolute atomic E-state index is 0.265. The quantitative estimate of drug-likeness (QED) is 0.714. The summed E-state index contributed by atoms with van der Waals surface area (Å²) in [5.74, 6) is 0.265. The molecule has 0 saturated heterocycles. The number of nitrogens with zero attached hydrogens (tertiary/aromatic N) is 2. The number of nitrogen functional groups attached to an aromatic ring is 1. The Labute approximate surface area is 121 Å². The summed E-state index contributed by atoms with van der Waals surface area (Å²) in [6.45, 7) is 0. The van der Waals surface area contributed by atoms with Crippen LogP contribution in [-0.2, 0) is 12.8 Å². The number of H-pyrrole nitrogens is 1. The number of hydrogen-bond donors (Lipinski definition) is 2. The Morgan fingerprint density at radius 3 is 3.00 bits per heavy atom. The number of furan rings is 1. The highest BCUT2D eigenvalue weighted by molar-refractivity contribution is 5.85. The Morgan fingerprint density at radius 1 is 1.33 bits per heavy atom. The molecule has 3 N–H and O–H groups in total. The van der Waals surface area contributed by atoms with E-state index in [0.29, 0.717) is 5.56 Å². The van der Waals surface area contributed by atoms with Crippen LogP contribution in [0, 0.1) is 11.3 Å². The first-order valence-corrected chi connectivity index (χ1v) is 6.71. The summed E-state index contributed by atoms with van der Waals surface area (Å²) in [5, 5.41) is 9.45. The van der Waals surface area contributed by atoms with Crippen LogP contribution >= 0.6 is 0 Å². The van der Waals surface area contributed by atoms with Gasteiger partial charge in [-0.1, -0.05) is 0 Å².